The summed E-state index contributed by atoms with van der Waals surface area (Å²) in [5.74, 6) is 1.24. The van der Waals surface area contributed by atoms with Crippen LogP contribution in [0.3, 0.4) is 0 Å². The van der Waals surface area contributed by atoms with Crippen molar-refractivity contribution in [2.24, 2.45) is 5.92 Å². The number of hydrogen-bond acceptors (Lipinski definition) is 5. The molecule has 4 unspecified atom stereocenters. The molecule has 0 spiro atoms. The van der Waals surface area contributed by atoms with Crippen LogP contribution in [0.1, 0.15) is 51.5 Å². The van der Waals surface area contributed by atoms with Gasteiger partial charge in [-0.05, 0) is 49.4 Å². The Morgan fingerprint density at radius 2 is 2.06 bits per heavy atom. The van der Waals surface area contributed by atoms with Gasteiger partial charge >= 0.3 is 0 Å². The molecule has 2 N–H and O–H groups in total. The van der Waals surface area contributed by atoms with Crippen LogP contribution in [0.2, 0.25) is 0 Å². The molecule has 0 bridgehead atoms. The number of halogens is 1. The predicted molar refractivity (Wildman–Crippen MR) is 125 cm³/mol. The average Bonchev–Trinajstić information content (AvgIpc) is 3.29. The average molecular weight is 441 g/mol. The van der Waals surface area contributed by atoms with E-state index in [2.05, 4.69) is 22.5 Å². The number of hydrogen-bond donors (Lipinski definition) is 2. The first-order chi connectivity index (χ1) is 15.5. The third kappa shape index (κ3) is 5.14. The van der Waals surface area contributed by atoms with E-state index in [-0.39, 0.29) is 23.7 Å². The lowest BCUT2D eigenvalue weighted by atomic mass is 10.0. The second kappa shape index (κ2) is 9.76. The number of nitrogens with one attached hydrogen (secondary N) is 2. The molecule has 1 aromatic heterocycles. The van der Waals surface area contributed by atoms with Crippen LogP contribution in [0.5, 0.6) is 5.75 Å². The van der Waals surface area contributed by atoms with Gasteiger partial charge in [0, 0.05) is 31.7 Å². The van der Waals surface area contributed by atoms with Crippen LogP contribution in [-0.2, 0) is 4.79 Å². The van der Waals surface area contributed by atoms with Crippen molar-refractivity contribution in [2.75, 3.05) is 29.9 Å². The van der Waals surface area contributed by atoms with Gasteiger partial charge in [0.05, 0.1) is 18.2 Å². The Kier molecular flexibility index (Phi) is 6.82. The Hall–Kier alpha value is -2.83. The van der Waals surface area contributed by atoms with Crippen LogP contribution in [0.25, 0.3) is 0 Å². The van der Waals surface area contributed by atoms with E-state index in [1.54, 1.807) is 12.3 Å². The SMILES string of the molecule is CCCNc1nccc(N2CCC(Oc3ccc(C(C)C(=O)NC4CC4C)cc3)C2)c1F. The molecule has 1 saturated heterocycles. The van der Waals surface area contributed by atoms with Crippen LogP contribution >= 0.6 is 0 Å². The summed E-state index contributed by atoms with van der Waals surface area (Å²) in [6.07, 6.45) is 4.43. The predicted octanol–water partition coefficient (Wildman–Crippen LogP) is 4.33. The van der Waals surface area contributed by atoms with E-state index in [1.165, 1.54) is 0 Å². The number of rotatable bonds is 9. The molecule has 0 radical (unpaired) electrons. The van der Waals surface area contributed by atoms with Crippen LogP contribution < -0.4 is 20.3 Å². The summed E-state index contributed by atoms with van der Waals surface area (Å²) in [5, 5.41) is 6.14. The third-order valence-corrected chi connectivity index (χ3v) is 6.41. The Morgan fingerprint density at radius 3 is 2.75 bits per heavy atom. The van der Waals surface area contributed by atoms with Crippen LogP contribution in [0.15, 0.2) is 36.5 Å². The molecule has 6 nitrogen and oxygen atoms in total. The first kappa shape index (κ1) is 22.4. The fraction of sp³-hybridized carbons (Fsp3) is 0.520. The molecule has 1 aromatic carbocycles. The third-order valence-electron chi connectivity index (χ3n) is 6.41. The maximum absolute atomic E-state index is 14.9. The topological polar surface area (TPSA) is 66.5 Å². The summed E-state index contributed by atoms with van der Waals surface area (Å²) in [6, 6.07) is 9.80. The summed E-state index contributed by atoms with van der Waals surface area (Å²) in [5.41, 5.74) is 1.53. The van der Waals surface area contributed by atoms with Gasteiger partial charge in [-0.25, -0.2) is 9.37 Å². The Morgan fingerprint density at radius 1 is 1.31 bits per heavy atom. The maximum Gasteiger partial charge on any atom is 0.227 e. The fourth-order valence-corrected chi connectivity index (χ4v) is 4.10. The molecule has 1 saturated carbocycles. The number of pyridine rings is 1. The maximum atomic E-state index is 14.9. The number of anilines is 2. The van der Waals surface area contributed by atoms with E-state index < -0.39 is 0 Å². The van der Waals surface area contributed by atoms with Crippen molar-refractivity contribution in [3.05, 3.63) is 47.9 Å². The van der Waals surface area contributed by atoms with Crippen molar-refractivity contribution in [3.63, 3.8) is 0 Å². The second-order valence-electron chi connectivity index (χ2n) is 9.01. The molecular formula is C25H33FN4O2. The van der Waals surface area contributed by atoms with Crippen molar-refractivity contribution in [3.8, 4) is 5.75 Å². The molecule has 4 atom stereocenters. The Bertz CT molecular complexity index is 936. The van der Waals surface area contributed by atoms with Crippen LogP contribution in [0, 0.1) is 11.7 Å². The zero-order chi connectivity index (χ0) is 22.7. The van der Waals surface area contributed by atoms with Gasteiger partial charge in [0.15, 0.2) is 11.6 Å². The van der Waals surface area contributed by atoms with Gasteiger partial charge in [0.2, 0.25) is 5.91 Å². The smallest absolute Gasteiger partial charge is 0.227 e. The van der Waals surface area contributed by atoms with Crippen molar-refractivity contribution < 1.29 is 13.9 Å². The summed E-state index contributed by atoms with van der Waals surface area (Å²) >= 11 is 0. The van der Waals surface area contributed by atoms with E-state index in [1.807, 2.05) is 43.0 Å². The van der Waals surface area contributed by atoms with Gasteiger partial charge in [-0.2, -0.15) is 0 Å². The molecule has 4 rings (SSSR count). The monoisotopic (exact) mass is 440 g/mol. The molecule has 2 fully saturated rings. The summed E-state index contributed by atoms with van der Waals surface area (Å²) in [6.45, 7) is 8.15. The number of carbonyl (C=O) groups excluding carboxylic acids is 1. The molecule has 2 heterocycles. The molecule has 32 heavy (non-hydrogen) atoms. The lowest BCUT2D eigenvalue weighted by Gasteiger charge is -2.21. The van der Waals surface area contributed by atoms with Gasteiger partial charge in [0.25, 0.3) is 0 Å². The molecule has 7 heteroatoms. The number of nitrogens with zero attached hydrogens (tertiary/aromatic N) is 2. The minimum atomic E-state index is -0.307. The summed E-state index contributed by atoms with van der Waals surface area (Å²) in [4.78, 5) is 18.5. The van der Waals surface area contributed by atoms with E-state index in [4.69, 9.17) is 4.74 Å². The minimum Gasteiger partial charge on any atom is -0.489 e. The largest absolute Gasteiger partial charge is 0.489 e. The van der Waals surface area contributed by atoms with Crippen molar-refractivity contribution in [1.82, 2.24) is 10.3 Å². The highest BCUT2D eigenvalue weighted by molar-refractivity contribution is 5.83. The Balaban J connectivity index is 1.32. The number of aromatic nitrogens is 1. The molecular weight excluding hydrogens is 407 g/mol. The van der Waals surface area contributed by atoms with Crippen LogP contribution in [0.4, 0.5) is 15.9 Å². The number of benzene rings is 1. The highest BCUT2D eigenvalue weighted by atomic mass is 19.1. The minimum absolute atomic E-state index is 0.0162. The van der Waals surface area contributed by atoms with Gasteiger partial charge < -0.3 is 20.3 Å². The molecule has 2 aromatic rings. The number of amides is 1. The van der Waals surface area contributed by atoms with Crippen LogP contribution in [-0.4, -0.2) is 42.7 Å². The zero-order valence-electron chi connectivity index (χ0n) is 19.1. The van der Waals surface area contributed by atoms with Crippen molar-refractivity contribution in [1.29, 1.82) is 0 Å². The number of carbonyl (C=O) groups is 1. The first-order valence-corrected chi connectivity index (χ1v) is 11.7. The summed E-state index contributed by atoms with van der Waals surface area (Å²) in [7, 11) is 0. The van der Waals surface area contributed by atoms with Gasteiger partial charge in [-0.3, -0.25) is 4.79 Å². The lowest BCUT2D eigenvalue weighted by Crippen LogP contribution is -2.30. The fourth-order valence-electron chi connectivity index (χ4n) is 4.10. The molecule has 2 aliphatic rings. The van der Waals surface area contributed by atoms with Gasteiger partial charge in [0.1, 0.15) is 11.9 Å². The second-order valence-corrected chi connectivity index (χ2v) is 9.01. The van der Waals surface area contributed by atoms with E-state index in [0.29, 0.717) is 36.6 Å². The standard InChI is InChI=1S/C25H33FN4O2/c1-4-11-27-24-23(26)22(9-12-28-24)30-13-10-20(15-30)32-19-7-5-18(6-8-19)17(3)25(31)29-21-14-16(21)2/h5-9,12,16-17,20-21H,4,10-11,13-15H2,1-3H3,(H,27,28)(H,29,31). The van der Waals surface area contributed by atoms with E-state index >= 15 is 0 Å². The van der Waals surface area contributed by atoms with E-state index in [0.717, 1.165) is 37.1 Å². The normalized spacial score (nSPS) is 23.0. The summed E-state index contributed by atoms with van der Waals surface area (Å²) < 4.78 is 21.0. The first-order valence-electron chi connectivity index (χ1n) is 11.7. The van der Waals surface area contributed by atoms with E-state index in [9.17, 15) is 9.18 Å². The van der Waals surface area contributed by atoms with Crippen molar-refractivity contribution in [2.45, 2.75) is 58.1 Å². The molecule has 1 aliphatic carbocycles. The zero-order valence-corrected chi connectivity index (χ0v) is 19.1. The lowest BCUT2D eigenvalue weighted by molar-refractivity contribution is -0.122. The quantitative estimate of drug-likeness (QED) is 0.608. The highest BCUT2D eigenvalue weighted by Crippen LogP contribution is 2.31. The van der Waals surface area contributed by atoms with Crippen molar-refractivity contribution >= 4 is 17.4 Å². The molecule has 172 valence electrons. The van der Waals surface area contributed by atoms with Gasteiger partial charge in [-0.15, -0.1) is 0 Å². The number of ether oxygens (including phenoxy) is 1. The van der Waals surface area contributed by atoms with Gasteiger partial charge in [-0.1, -0.05) is 26.0 Å². The molecule has 1 aliphatic heterocycles. The molecule has 1 amide bonds. The highest BCUT2D eigenvalue weighted by Gasteiger charge is 2.35. The Labute approximate surface area is 189 Å².